The van der Waals surface area contributed by atoms with Gasteiger partial charge in [0.1, 0.15) is 11.6 Å². The molecule has 0 fully saturated rings. The molecule has 0 aliphatic rings. The average Bonchev–Trinajstić information content (AvgIpc) is 2.14. The molecule has 0 spiro atoms. The van der Waals surface area contributed by atoms with Crippen LogP contribution < -0.4 is 10.5 Å². The summed E-state index contributed by atoms with van der Waals surface area (Å²) in [6, 6.07) is 5.74. The molecule has 0 bridgehead atoms. The molecule has 0 saturated heterocycles. The molecule has 0 saturated carbocycles. The lowest BCUT2D eigenvalue weighted by Gasteiger charge is -2.09. The third-order valence-electron chi connectivity index (χ3n) is 1.78. The first-order valence-corrected chi connectivity index (χ1v) is 4.27. The fourth-order valence-electron chi connectivity index (χ4n) is 0.860. The van der Waals surface area contributed by atoms with E-state index in [1.807, 2.05) is 0 Å². The predicted octanol–water partition coefficient (Wildman–Crippen LogP) is 1.33. The van der Waals surface area contributed by atoms with Crippen LogP contribution in [0.5, 0.6) is 5.75 Å². The van der Waals surface area contributed by atoms with Crippen molar-refractivity contribution in [3.05, 3.63) is 30.1 Å². The zero-order valence-electron chi connectivity index (χ0n) is 7.87. The smallest absolute Gasteiger partial charge is 0.223 e. The van der Waals surface area contributed by atoms with Crippen LogP contribution in [0.4, 0.5) is 4.39 Å². The highest BCUT2D eigenvalue weighted by Gasteiger charge is 2.09. The van der Waals surface area contributed by atoms with Gasteiger partial charge < -0.3 is 10.5 Å². The zero-order chi connectivity index (χ0) is 10.6. The Hall–Kier alpha value is -1.58. The normalized spacial score (nSPS) is 12.1. The van der Waals surface area contributed by atoms with Crippen LogP contribution in [0.15, 0.2) is 24.3 Å². The second kappa shape index (κ2) is 4.60. The maximum Gasteiger partial charge on any atom is 0.223 e. The van der Waals surface area contributed by atoms with E-state index in [0.29, 0.717) is 5.75 Å². The summed E-state index contributed by atoms with van der Waals surface area (Å²) in [6.07, 6.45) is 0. The van der Waals surface area contributed by atoms with Crippen LogP contribution in [-0.2, 0) is 4.79 Å². The molecule has 1 unspecified atom stereocenters. The summed E-state index contributed by atoms with van der Waals surface area (Å²) in [5.74, 6) is -0.771. The van der Waals surface area contributed by atoms with Crippen molar-refractivity contribution in [2.75, 3.05) is 6.61 Å². The fourth-order valence-corrected chi connectivity index (χ4v) is 0.860. The highest BCUT2D eigenvalue weighted by molar-refractivity contribution is 5.76. The second-order valence-corrected chi connectivity index (χ2v) is 3.07. The molecule has 14 heavy (non-hydrogen) atoms. The number of carbonyl (C=O) groups excluding carboxylic acids is 1. The third kappa shape index (κ3) is 3.05. The summed E-state index contributed by atoms with van der Waals surface area (Å²) in [6.45, 7) is 1.82. The highest BCUT2D eigenvalue weighted by Crippen LogP contribution is 2.12. The van der Waals surface area contributed by atoms with Gasteiger partial charge in [-0.2, -0.15) is 0 Å². The first-order valence-electron chi connectivity index (χ1n) is 4.27. The van der Waals surface area contributed by atoms with Crippen LogP contribution >= 0.6 is 0 Å². The summed E-state index contributed by atoms with van der Waals surface area (Å²) in [7, 11) is 0. The molecule has 1 atom stereocenters. The molecule has 0 heterocycles. The van der Waals surface area contributed by atoms with Crippen molar-refractivity contribution in [2.45, 2.75) is 6.92 Å². The fraction of sp³-hybridized carbons (Fsp3) is 0.300. The first kappa shape index (κ1) is 10.5. The number of hydrogen-bond acceptors (Lipinski definition) is 2. The molecule has 4 heteroatoms. The monoisotopic (exact) mass is 197 g/mol. The third-order valence-corrected chi connectivity index (χ3v) is 1.78. The number of rotatable bonds is 4. The van der Waals surface area contributed by atoms with E-state index in [-0.39, 0.29) is 18.3 Å². The van der Waals surface area contributed by atoms with Gasteiger partial charge in [-0.05, 0) is 12.1 Å². The Kier molecular flexibility index (Phi) is 3.45. The van der Waals surface area contributed by atoms with E-state index >= 15 is 0 Å². The second-order valence-electron chi connectivity index (χ2n) is 3.07. The van der Waals surface area contributed by atoms with Crippen molar-refractivity contribution in [3.63, 3.8) is 0 Å². The van der Waals surface area contributed by atoms with Crippen molar-refractivity contribution in [3.8, 4) is 5.75 Å². The first-order chi connectivity index (χ1) is 6.59. The lowest BCUT2D eigenvalue weighted by molar-refractivity contribution is -0.122. The average molecular weight is 197 g/mol. The van der Waals surface area contributed by atoms with Gasteiger partial charge in [-0.15, -0.1) is 0 Å². The van der Waals surface area contributed by atoms with Gasteiger partial charge >= 0.3 is 0 Å². The van der Waals surface area contributed by atoms with Gasteiger partial charge in [0.05, 0.1) is 12.5 Å². The SMILES string of the molecule is CC(COc1cccc(F)c1)C(N)=O. The van der Waals surface area contributed by atoms with E-state index in [4.69, 9.17) is 10.5 Å². The molecule has 0 aromatic heterocycles. The number of primary amides is 1. The molecule has 76 valence electrons. The van der Waals surface area contributed by atoms with Crippen LogP contribution in [0.25, 0.3) is 0 Å². The van der Waals surface area contributed by atoms with Crippen molar-refractivity contribution in [1.29, 1.82) is 0 Å². The summed E-state index contributed by atoms with van der Waals surface area (Å²) in [4.78, 5) is 10.7. The maximum atomic E-state index is 12.7. The molecule has 2 N–H and O–H groups in total. The number of benzene rings is 1. The Bertz CT molecular complexity index is 328. The molecule has 1 amide bonds. The number of halogens is 1. The minimum Gasteiger partial charge on any atom is -0.493 e. The van der Waals surface area contributed by atoms with E-state index in [1.165, 1.54) is 12.1 Å². The highest BCUT2D eigenvalue weighted by atomic mass is 19.1. The van der Waals surface area contributed by atoms with Crippen molar-refractivity contribution in [2.24, 2.45) is 11.7 Å². The number of hydrogen-bond donors (Lipinski definition) is 1. The van der Waals surface area contributed by atoms with Gasteiger partial charge in [0.25, 0.3) is 0 Å². The molecular formula is C10H12FNO2. The van der Waals surface area contributed by atoms with Crippen molar-refractivity contribution >= 4 is 5.91 Å². The van der Waals surface area contributed by atoms with Crippen molar-refractivity contribution < 1.29 is 13.9 Å². The van der Waals surface area contributed by atoms with Gasteiger partial charge in [-0.3, -0.25) is 4.79 Å². The van der Waals surface area contributed by atoms with Crippen molar-refractivity contribution in [1.82, 2.24) is 0 Å². The van der Waals surface area contributed by atoms with E-state index < -0.39 is 5.91 Å². The largest absolute Gasteiger partial charge is 0.493 e. The minimum absolute atomic E-state index is 0.165. The number of amides is 1. The van der Waals surface area contributed by atoms with E-state index in [0.717, 1.165) is 0 Å². The van der Waals surface area contributed by atoms with Gasteiger partial charge in [-0.25, -0.2) is 4.39 Å². The Morgan fingerprint density at radius 1 is 1.64 bits per heavy atom. The van der Waals surface area contributed by atoms with Gasteiger partial charge in [-0.1, -0.05) is 13.0 Å². The summed E-state index contributed by atoms with van der Waals surface area (Å²) in [5.41, 5.74) is 5.04. The Morgan fingerprint density at radius 3 is 2.93 bits per heavy atom. The molecule has 1 rings (SSSR count). The minimum atomic E-state index is -0.429. The van der Waals surface area contributed by atoms with E-state index in [9.17, 15) is 9.18 Å². The van der Waals surface area contributed by atoms with Crippen LogP contribution in [0, 0.1) is 11.7 Å². The van der Waals surface area contributed by atoms with Crippen LogP contribution in [0.1, 0.15) is 6.92 Å². The number of ether oxygens (including phenoxy) is 1. The Morgan fingerprint density at radius 2 is 2.36 bits per heavy atom. The summed E-state index contributed by atoms with van der Waals surface area (Å²) in [5, 5.41) is 0. The lowest BCUT2D eigenvalue weighted by Crippen LogP contribution is -2.25. The maximum absolute atomic E-state index is 12.7. The molecule has 0 radical (unpaired) electrons. The molecular weight excluding hydrogens is 185 g/mol. The number of carbonyl (C=O) groups is 1. The number of nitrogens with two attached hydrogens (primary N) is 1. The predicted molar refractivity (Wildman–Crippen MR) is 50.3 cm³/mol. The van der Waals surface area contributed by atoms with Crippen LogP contribution in [0.2, 0.25) is 0 Å². The Balaban J connectivity index is 2.49. The van der Waals surface area contributed by atoms with E-state index in [2.05, 4.69) is 0 Å². The van der Waals surface area contributed by atoms with E-state index in [1.54, 1.807) is 19.1 Å². The molecule has 0 aliphatic heterocycles. The quantitative estimate of drug-likeness (QED) is 0.791. The molecule has 1 aromatic carbocycles. The summed E-state index contributed by atoms with van der Waals surface area (Å²) < 4.78 is 17.8. The lowest BCUT2D eigenvalue weighted by atomic mass is 10.2. The van der Waals surface area contributed by atoms with Crippen LogP contribution in [0.3, 0.4) is 0 Å². The Labute approximate surface area is 81.7 Å². The van der Waals surface area contributed by atoms with Gasteiger partial charge in [0.2, 0.25) is 5.91 Å². The molecule has 0 aliphatic carbocycles. The van der Waals surface area contributed by atoms with Gasteiger partial charge in [0.15, 0.2) is 0 Å². The molecule has 1 aromatic rings. The zero-order valence-corrected chi connectivity index (χ0v) is 7.87. The topological polar surface area (TPSA) is 52.3 Å². The summed E-state index contributed by atoms with van der Waals surface area (Å²) >= 11 is 0. The molecule has 3 nitrogen and oxygen atoms in total. The van der Waals surface area contributed by atoms with Gasteiger partial charge in [0, 0.05) is 6.07 Å². The van der Waals surface area contributed by atoms with Crippen LogP contribution in [-0.4, -0.2) is 12.5 Å². The standard InChI is InChI=1S/C10H12FNO2/c1-7(10(12)13)6-14-9-4-2-3-8(11)5-9/h2-5,7H,6H2,1H3,(H2,12,13).